The largest absolute Gasteiger partial charge is 0.396 e. The molecule has 1 N–H and O–H groups in total. The minimum atomic E-state index is -0.229. The van der Waals surface area contributed by atoms with E-state index in [-0.39, 0.29) is 12.4 Å². The SMILES string of the molecule is Cc1cc(Br)c(F)cc1N1CCC(CO)C1. The van der Waals surface area contributed by atoms with E-state index >= 15 is 0 Å². The van der Waals surface area contributed by atoms with Gasteiger partial charge in [-0.25, -0.2) is 4.39 Å². The normalized spacial score (nSPS) is 20.5. The van der Waals surface area contributed by atoms with E-state index in [0.717, 1.165) is 30.8 Å². The standard InChI is InChI=1S/C12H15BrFNO/c1-8-4-10(13)11(14)5-12(8)15-3-2-9(6-15)7-16/h4-5,9,16H,2-3,6-7H2,1H3. The van der Waals surface area contributed by atoms with E-state index in [9.17, 15) is 4.39 Å². The lowest BCUT2D eigenvalue weighted by molar-refractivity contribution is 0.238. The molecule has 0 saturated carbocycles. The second kappa shape index (κ2) is 4.72. The second-order valence-electron chi connectivity index (χ2n) is 4.34. The zero-order valence-corrected chi connectivity index (χ0v) is 10.8. The Kier molecular flexibility index (Phi) is 3.50. The summed E-state index contributed by atoms with van der Waals surface area (Å²) in [6.45, 7) is 3.91. The van der Waals surface area contributed by atoms with Crippen LogP contribution in [0.2, 0.25) is 0 Å². The molecule has 1 fully saturated rings. The van der Waals surface area contributed by atoms with Crippen molar-refractivity contribution in [1.82, 2.24) is 0 Å². The maximum atomic E-state index is 13.5. The van der Waals surface area contributed by atoms with Crippen LogP contribution in [0.3, 0.4) is 0 Å². The predicted octanol–water partition coefficient (Wildman–Crippen LogP) is 2.72. The highest BCUT2D eigenvalue weighted by atomic mass is 79.9. The Morgan fingerprint density at radius 3 is 2.94 bits per heavy atom. The van der Waals surface area contributed by atoms with Crippen LogP contribution in [-0.2, 0) is 0 Å². The molecule has 0 radical (unpaired) electrons. The molecule has 0 aromatic heterocycles. The minimum absolute atomic E-state index is 0.217. The molecule has 1 aromatic rings. The Bertz CT molecular complexity index is 397. The Morgan fingerprint density at radius 1 is 1.56 bits per heavy atom. The maximum absolute atomic E-state index is 13.5. The second-order valence-corrected chi connectivity index (χ2v) is 5.19. The zero-order valence-electron chi connectivity index (χ0n) is 9.21. The van der Waals surface area contributed by atoms with Crippen LogP contribution in [-0.4, -0.2) is 24.8 Å². The van der Waals surface area contributed by atoms with Crippen molar-refractivity contribution in [2.24, 2.45) is 5.92 Å². The third-order valence-corrected chi connectivity index (χ3v) is 3.73. The van der Waals surface area contributed by atoms with Crippen molar-refractivity contribution in [1.29, 1.82) is 0 Å². The van der Waals surface area contributed by atoms with Crippen molar-refractivity contribution in [3.63, 3.8) is 0 Å². The molecule has 16 heavy (non-hydrogen) atoms. The minimum Gasteiger partial charge on any atom is -0.396 e. The Balaban J connectivity index is 2.24. The van der Waals surface area contributed by atoms with Crippen molar-refractivity contribution in [2.45, 2.75) is 13.3 Å². The van der Waals surface area contributed by atoms with Crippen molar-refractivity contribution in [2.75, 3.05) is 24.6 Å². The van der Waals surface area contributed by atoms with Gasteiger partial charge in [-0.2, -0.15) is 0 Å². The molecule has 0 spiro atoms. The lowest BCUT2D eigenvalue weighted by Crippen LogP contribution is -2.21. The monoisotopic (exact) mass is 287 g/mol. The lowest BCUT2D eigenvalue weighted by Gasteiger charge is -2.21. The number of aryl methyl sites for hydroxylation is 1. The molecule has 1 atom stereocenters. The fraction of sp³-hybridized carbons (Fsp3) is 0.500. The van der Waals surface area contributed by atoms with Gasteiger partial charge >= 0.3 is 0 Å². The third kappa shape index (κ3) is 2.23. The zero-order chi connectivity index (χ0) is 11.7. The number of benzene rings is 1. The van der Waals surface area contributed by atoms with Crippen LogP contribution in [0.25, 0.3) is 0 Å². The summed E-state index contributed by atoms with van der Waals surface area (Å²) in [4.78, 5) is 2.14. The fourth-order valence-corrected chi connectivity index (χ4v) is 2.63. The van der Waals surface area contributed by atoms with Crippen LogP contribution in [0.5, 0.6) is 0 Å². The molecule has 2 nitrogen and oxygen atoms in total. The van der Waals surface area contributed by atoms with Gasteiger partial charge < -0.3 is 10.0 Å². The van der Waals surface area contributed by atoms with E-state index in [4.69, 9.17) is 5.11 Å². The van der Waals surface area contributed by atoms with Gasteiger partial charge in [-0.1, -0.05) is 0 Å². The van der Waals surface area contributed by atoms with Crippen LogP contribution in [0, 0.1) is 18.7 Å². The molecule has 1 aliphatic rings. The van der Waals surface area contributed by atoms with Gasteiger partial charge in [-0.15, -0.1) is 0 Å². The Morgan fingerprint density at radius 2 is 2.31 bits per heavy atom. The first-order valence-electron chi connectivity index (χ1n) is 5.43. The van der Waals surface area contributed by atoms with Gasteiger partial charge in [0.25, 0.3) is 0 Å². The number of anilines is 1. The molecule has 1 heterocycles. The first-order valence-corrected chi connectivity index (χ1v) is 6.22. The summed E-state index contributed by atoms with van der Waals surface area (Å²) in [6.07, 6.45) is 0.980. The van der Waals surface area contributed by atoms with Gasteiger partial charge in [0.1, 0.15) is 5.82 Å². The number of halogens is 2. The number of rotatable bonds is 2. The Labute approximate surface area is 103 Å². The lowest BCUT2D eigenvalue weighted by atomic mass is 10.1. The quantitative estimate of drug-likeness (QED) is 0.904. The van der Waals surface area contributed by atoms with Crippen LogP contribution in [0.1, 0.15) is 12.0 Å². The summed E-state index contributed by atoms with van der Waals surface area (Å²) in [5.41, 5.74) is 2.00. The van der Waals surface area contributed by atoms with Crippen LogP contribution in [0.4, 0.5) is 10.1 Å². The van der Waals surface area contributed by atoms with E-state index in [1.165, 1.54) is 0 Å². The van der Waals surface area contributed by atoms with Crippen LogP contribution in [0.15, 0.2) is 16.6 Å². The summed E-state index contributed by atoms with van der Waals surface area (Å²) in [6, 6.07) is 3.37. The molecule has 2 rings (SSSR count). The van der Waals surface area contributed by atoms with Gasteiger partial charge in [0.05, 0.1) is 4.47 Å². The molecule has 0 aliphatic carbocycles. The number of hydrogen-bond acceptors (Lipinski definition) is 2. The average molecular weight is 288 g/mol. The summed E-state index contributed by atoms with van der Waals surface area (Å²) in [5, 5.41) is 9.09. The number of aliphatic hydroxyl groups is 1. The first kappa shape index (κ1) is 11.9. The summed E-state index contributed by atoms with van der Waals surface area (Å²) < 4.78 is 14.0. The molecule has 88 valence electrons. The first-order chi connectivity index (χ1) is 7.61. The van der Waals surface area contributed by atoms with Crippen molar-refractivity contribution in [3.8, 4) is 0 Å². The molecule has 1 aliphatic heterocycles. The van der Waals surface area contributed by atoms with Gasteiger partial charge in [0.2, 0.25) is 0 Å². The highest BCUT2D eigenvalue weighted by molar-refractivity contribution is 9.10. The molecule has 1 saturated heterocycles. The van der Waals surface area contributed by atoms with E-state index in [0.29, 0.717) is 10.4 Å². The van der Waals surface area contributed by atoms with Crippen molar-refractivity contribution < 1.29 is 9.50 Å². The fourth-order valence-electron chi connectivity index (χ4n) is 2.18. The predicted molar refractivity (Wildman–Crippen MR) is 66.2 cm³/mol. The molecular weight excluding hydrogens is 273 g/mol. The van der Waals surface area contributed by atoms with Gasteiger partial charge in [-0.05, 0) is 47.0 Å². The van der Waals surface area contributed by atoms with Gasteiger partial charge in [0.15, 0.2) is 0 Å². The Hall–Kier alpha value is -0.610. The molecule has 0 bridgehead atoms. The highest BCUT2D eigenvalue weighted by Crippen LogP contribution is 2.30. The van der Waals surface area contributed by atoms with E-state index in [1.807, 2.05) is 6.92 Å². The summed E-state index contributed by atoms with van der Waals surface area (Å²) >= 11 is 3.18. The molecule has 4 heteroatoms. The van der Waals surface area contributed by atoms with Crippen LogP contribution >= 0.6 is 15.9 Å². The molecule has 1 unspecified atom stereocenters. The van der Waals surface area contributed by atoms with Gasteiger partial charge in [-0.3, -0.25) is 0 Å². The van der Waals surface area contributed by atoms with E-state index < -0.39 is 0 Å². The molecular formula is C12H15BrFNO. The van der Waals surface area contributed by atoms with Crippen molar-refractivity contribution in [3.05, 3.63) is 28.0 Å². The molecule has 0 amide bonds. The average Bonchev–Trinajstić information content (AvgIpc) is 2.71. The summed E-state index contributed by atoms with van der Waals surface area (Å²) in [5.74, 6) is 0.0964. The number of aliphatic hydroxyl groups excluding tert-OH is 1. The number of nitrogens with zero attached hydrogens (tertiary/aromatic N) is 1. The van der Waals surface area contributed by atoms with Crippen molar-refractivity contribution >= 4 is 21.6 Å². The highest BCUT2D eigenvalue weighted by Gasteiger charge is 2.23. The maximum Gasteiger partial charge on any atom is 0.139 e. The topological polar surface area (TPSA) is 23.5 Å². The van der Waals surface area contributed by atoms with Crippen LogP contribution < -0.4 is 4.90 Å². The third-order valence-electron chi connectivity index (χ3n) is 3.12. The van der Waals surface area contributed by atoms with E-state index in [1.54, 1.807) is 12.1 Å². The molecule has 1 aromatic carbocycles. The van der Waals surface area contributed by atoms with Gasteiger partial charge in [0, 0.05) is 31.3 Å². The summed E-state index contributed by atoms with van der Waals surface area (Å²) in [7, 11) is 0. The van der Waals surface area contributed by atoms with E-state index in [2.05, 4.69) is 20.8 Å². The number of hydrogen-bond donors (Lipinski definition) is 1. The smallest absolute Gasteiger partial charge is 0.139 e.